The lowest BCUT2D eigenvalue weighted by Gasteiger charge is -2.21. The highest BCUT2D eigenvalue weighted by atomic mass is 35.5. The number of aliphatic hydroxyl groups is 1. The average molecular weight is 272 g/mol. The highest BCUT2D eigenvalue weighted by Crippen LogP contribution is 2.17. The Morgan fingerprint density at radius 2 is 2.17 bits per heavy atom. The van der Waals surface area contributed by atoms with Crippen LogP contribution in [-0.2, 0) is 4.74 Å². The molecule has 0 aliphatic carbocycles. The quantitative estimate of drug-likeness (QED) is 0.857. The van der Waals surface area contributed by atoms with Crippen molar-refractivity contribution in [1.29, 1.82) is 0 Å². The normalized spacial score (nSPS) is 10.4. The van der Waals surface area contributed by atoms with Crippen molar-refractivity contribution in [2.45, 2.75) is 6.92 Å². The highest BCUT2D eigenvalue weighted by Gasteiger charge is 2.15. The second-order valence-electron chi connectivity index (χ2n) is 3.97. The highest BCUT2D eigenvalue weighted by molar-refractivity contribution is 6.31. The standard InChI is InChI=1S/C13H18ClNO3/c1-10-3-4-11(9-12(10)14)13(17)15(5-7-16)6-8-18-2/h3-4,9,16H,5-8H2,1-2H3. The van der Waals surface area contributed by atoms with Crippen molar-refractivity contribution in [2.24, 2.45) is 0 Å². The Balaban J connectivity index is 2.83. The van der Waals surface area contributed by atoms with Gasteiger partial charge in [-0.2, -0.15) is 0 Å². The van der Waals surface area contributed by atoms with Crippen molar-refractivity contribution < 1.29 is 14.6 Å². The lowest BCUT2D eigenvalue weighted by atomic mass is 10.1. The molecular formula is C13H18ClNO3. The van der Waals surface area contributed by atoms with Gasteiger partial charge in [0.2, 0.25) is 0 Å². The number of halogens is 1. The van der Waals surface area contributed by atoms with Crippen molar-refractivity contribution in [3.63, 3.8) is 0 Å². The summed E-state index contributed by atoms with van der Waals surface area (Å²) < 4.78 is 4.95. The number of aryl methyl sites for hydroxylation is 1. The Morgan fingerprint density at radius 3 is 2.72 bits per heavy atom. The second kappa shape index (κ2) is 7.36. The van der Waals surface area contributed by atoms with Gasteiger partial charge in [-0.25, -0.2) is 0 Å². The van der Waals surface area contributed by atoms with E-state index in [0.29, 0.717) is 23.7 Å². The fourth-order valence-corrected chi connectivity index (χ4v) is 1.73. The van der Waals surface area contributed by atoms with Gasteiger partial charge in [0.05, 0.1) is 13.2 Å². The molecule has 0 aliphatic rings. The number of nitrogens with zero attached hydrogens (tertiary/aromatic N) is 1. The first-order valence-corrected chi connectivity index (χ1v) is 6.13. The van der Waals surface area contributed by atoms with E-state index in [0.717, 1.165) is 5.56 Å². The molecule has 18 heavy (non-hydrogen) atoms. The topological polar surface area (TPSA) is 49.8 Å². The minimum atomic E-state index is -0.150. The van der Waals surface area contributed by atoms with Gasteiger partial charge < -0.3 is 14.7 Å². The fourth-order valence-electron chi connectivity index (χ4n) is 1.55. The van der Waals surface area contributed by atoms with E-state index >= 15 is 0 Å². The number of methoxy groups -OCH3 is 1. The summed E-state index contributed by atoms with van der Waals surface area (Å²) in [6.07, 6.45) is 0. The predicted molar refractivity (Wildman–Crippen MR) is 71.1 cm³/mol. The molecule has 0 bridgehead atoms. The summed E-state index contributed by atoms with van der Waals surface area (Å²) in [6, 6.07) is 5.19. The van der Waals surface area contributed by atoms with Crippen LogP contribution in [-0.4, -0.2) is 49.3 Å². The van der Waals surface area contributed by atoms with Crippen molar-refractivity contribution in [1.82, 2.24) is 4.90 Å². The fraction of sp³-hybridized carbons (Fsp3) is 0.462. The molecule has 0 radical (unpaired) electrons. The summed E-state index contributed by atoms with van der Waals surface area (Å²) in [5.74, 6) is -0.150. The summed E-state index contributed by atoms with van der Waals surface area (Å²) in [5.41, 5.74) is 1.45. The lowest BCUT2D eigenvalue weighted by molar-refractivity contribution is 0.0656. The molecule has 0 heterocycles. The van der Waals surface area contributed by atoms with Crippen LogP contribution < -0.4 is 0 Å². The van der Waals surface area contributed by atoms with Crippen LogP contribution >= 0.6 is 11.6 Å². The Hall–Kier alpha value is -1.10. The number of aliphatic hydroxyl groups excluding tert-OH is 1. The molecule has 0 atom stereocenters. The average Bonchev–Trinajstić information content (AvgIpc) is 2.37. The van der Waals surface area contributed by atoms with E-state index in [-0.39, 0.29) is 19.1 Å². The lowest BCUT2D eigenvalue weighted by Crippen LogP contribution is -2.36. The maximum absolute atomic E-state index is 12.2. The molecule has 100 valence electrons. The Morgan fingerprint density at radius 1 is 1.44 bits per heavy atom. The van der Waals surface area contributed by atoms with Gasteiger partial charge in [0.1, 0.15) is 0 Å². The first kappa shape index (κ1) is 15.0. The molecule has 0 saturated carbocycles. The van der Waals surface area contributed by atoms with Gasteiger partial charge in [-0.1, -0.05) is 17.7 Å². The number of hydrogen-bond acceptors (Lipinski definition) is 3. The first-order chi connectivity index (χ1) is 8.60. The van der Waals surface area contributed by atoms with Crippen LogP contribution in [0.15, 0.2) is 18.2 Å². The van der Waals surface area contributed by atoms with Crippen LogP contribution in [0.1, 0.15) is 15.9 Å². The molecule has 0 aliphatic heterocycles. The number of amides is 1. The third kappa shape index (κ3) is 3.98. The summed E-state index contributed by atoms with van der Waals surface area (Å²) in [7, 11) is 1.57. The van der Waals surface area contributed by atoms with Gasteiger partial charge in [-0.15, -0.1) is 0 Å². The Bertz CT molecular complexity index is 409. The Kier molecular flexibility index (Phi) is 6.12. The molecule has 0 unspecified atom stereocenters. The summed E-state index contributed by atoms with van der Waals surface area (Å²) in [5, 5.41) is 9.54. The van der Waals surface area contributed by atoms with Gasteiger partial charge in [0, 0.05) is 30.8 Å². The minimum absolute atomic E-state index is 0.0744. The molecular weight excluding hydrogens is 254 g/mol. The molecule has 4 nitrogen and oxygen atoms in total. The number of ether oxygens (including phenoxy) is 1. The molecule has 5 heteroatoms. The van der Waals surface area contributed by atoms with Crippen LogP contribution in [0.2, 0.25) is 5.02 Å². The number of carbonyl (C=O) groups excluding carboxylic acids is 1. The van der Waals surface area contributed by atoms with Gasteiger partial charge in [-0.3, -0.25) is 4.79 Å². The van der Waals surface area contributed by atoms with Gasteiger partial charge in [0.25, 0.3) is 5.91 Å². The van der Waals surface area contributed by atoms with Crippen molar-refractivity contribution >= 4 is 17.5 Å². The Labute approximate surface area is 112 Å². The summed E-state index contributed by atoms with van der Waals surface area (Å²) >= 11 is 6.00. The van der Waals surface area contributed by atoms with E-state index in [1.165, 1.54) is 0 Å². The van der Waals surface area contributed by atoms with E-state index in [2.05, 4.69) is 0 Å². The third-order valence-electron chi connectivity index (χ3n) is 2.64. The van der Waals surface area contributed by atoms with Crippen LogP contribution in [0.25, 0.3) is 0 Å². The maximum atomic E-state index is 12.2. The molecule has 1 aromatic carbocycles. The van der Waals surface area contributed by atoms with Gasteiger partial charge in [-0.05, 0) is 24.6 Å². The van der Waals surface area contributed by atoms with Crippen LogP contribution in [0.3, 0.4) is 0 Å². The van der Waals surface area contributed by atoms with E-state index in [1.54, 1.807) is 24.1 Å². The van der Waals surface area contributed by atoms with Gasteiger partial charge >= 0.3 is 0 Å². The van der Waals surface area contributed by atoms with Crippen molar-refractivity contribution in [2.75, 3.05) is 33.4 Å². The molecule has 1 N–H and O–H groups in total. The zero-order valence-corrected chi connectivity index (χ0v) is 11.4. The second-order valence-corrected chi connectivity index (χ2v) is 4.38. The third-order valence-corrected chi connectivity index (χ3v) is 3.05. The smallest absolute Gasteiger partial charge is 0.254 e. The molecule has 1 amide bonds. The maximum Gasteiger partial charge on any atom is 0.254 e. The zero-order chi connectivity index (χ0) is 13.5. The number of hydrogen-bond donors (Lipinski definition) is 1. The number of rotatable bonds is 6. The number of carbonyl (C=O) groups is 1. The van der Waals surface area contributed by atoms with E-state index in [9.17, 15) is 4.79 Å². The molecule has 1 aromatic rings. The molecule has 0 aromatic heterocycles. The predicted octanol–water partition coefficient (Wildman–Crippen LogP) is 1.73. The molecule has 1 rings (SSSR count). The summed E-state index contributed by atoms with van der Waals surface area (Å²) in [6.45, 7) is 2.97. The molecule has 0 spiro atoms. The summed E-state index contributed by atoms with van der Waals surface area (Å²) in [4.78, 5) is 13.8. The van der Waals surface area contributed by atoms with Crippen molar-refractivity contribution in [3.8, 4) is 0 Å². The molecule has 0 saturated heterocycles. The van der Waals surface area contributed by atoms with Crippen LogP contribution in [0.4, 0.5) is 0 Å². The van der Waals surface area contributed by atoms with Crippen molar-refractivity contribution in [3.05, 3.63) is 34.3 Å². The van der Waals surface area contributed by atoms with E-state index in [1.807, 2.05) is 13.0 Å². The SMILES string of the molecule is COCCN(CCO)C(=O)c1ccc(C)c(Cl)c1. The molecule has 0 fully saturated rings. The monoisotopic (exact) mass is 271 g/mol. The minimum Gasteiger partial charge on any atom is -0.395 e. The zero-order valence-electron chi connectivity index (χ0n) is 10.6. The van der Waals surface area contributed by atoms with Crippen LogP contribution in [0, 0.1) is 6.92 Å². The van der Waals surface area contributed by atoms with E-state index in [4.69, 9.17) is 21.4 Å². The van der Waals surface area contributed by atoms with Crippen LogP contribution in [0.5, 0.6) is 0 Å². The largest absolute Gasteiger partial charge is 0.395 e. The first-order valence-electron chi connectivity index (χ1n) is 5.75. The van der Waals surface area contributed by atoms with Gasteiger partial charge in [0.15, 0.2) is 0 Å². The number of benzene rings is 1. The van der Waals surface area contributed by atoms with E-state index < -0.39 is 0 Å².